The van der Waals surface area contributed by atoms with Gasteiger partial charge in [0.05, 0.1) is 12.8 Å². The van der Waals surface area contributed by atoms with E-state index >= 15 is 0 Å². The molecule has 138 valence electrons. The molecular formula is C14H18Cl2N4O3S2. The minimum atomic E-state index is -3.23. The van der Waals surface area contributed by atoms with Gasteiger partial charge in [-0.25, -0.2) is 22.8 Å². The van der Waals surface area contributed by atoms with Gasteiger partial charge in [0.2, 0.25) is 10.0 Å². The van der Waals surface area contributed by atoms with E-state index in [1.807, 2.05) is 0 Å². The Balaban J connectivity index is 2.12. The minimum absolute atomic E-state index is 0.154. The van der Waals surface area contributed by atoms with Crippen LogP contribution in [0.4, 0.5) is 0 Å². The molecule has 7 nitrogen and oxygen atoms in total. The maximum Gasteiger partial charge on any atom is 0.208 e. The lowest BCUT2D eigenvalue weighted by molar-refractivity contribution is 0.0398. The number of halogens is 2. The van der Waals surface area contributed by atoms with Crippen LogP contribution in [0.15, 0.2) is 30.9 Å². The molecule has 0 saturated carbocycles. The van der Waals surface area contributed by atoms with Crippen LogP contribution in [0.2, 0.25) is 10.0 Å². The summed E-state index contributed by atoms with van der Waals surface area (Å²) < 4.78 is 26.1. The van der Waals surface area contributed by atoms with Crippen molar-refractivity contribution in [3.63, 3.8) is 0 Å². The fourth-order valence-electron chi connectivity index (χ4n) is 2.20. The van der Waals surface area contributed by atoms with Crippen LogP contribution in [0.1, 0.15) is 5.56 Å². The molecule has 0 aliphatic heterocycles. The molecule has 1 heterocycles. The first-order valence-electron chi connectivity index (χ1n) is 7.22. The number of aromatic nitrogens is 3. The second-order valence-corrected chi connectivity index (χ2v) is 9.25. The molecule has 2 aromatic rings. The topological polar surface area (TPSA) is 97.1 Å². The summed E-state index contributed by atoms with van der Waals surface area (Å²) >= 11 is 13.6. The third kappa shape index (κ3) is 6.43. The number of nitrogens with one attached hydrogen (secondary N) is 1. The molecule has 0 spiro atoms. The van der Waals surface area contributed by atoms with Crippen LogP contribution < -0.4 is 4.72 Å². The van der Waals surface area contributed by atoms with Crippen molar-refractivity contribution in [2.45, 2.75) is 12.1 Å². The number of thioether (sulfide) groups is 1. The third-order valence-corrected chi connectivity index (χ3v) is 5.72. The number of hydrogen-bond acceptors (Lipinski definition) is 6. The van der Waals surface area contributed by atoms with Gasteiger partial charge in [-0.15, -0.1) is 0 Å². The molecular weight excluding hydrogens is 407 g/mol. The first kappa shape index (κ1) is 20.5. The van der Waals surface area contributed by atoms with E-state index in [-0.39, 0.29) is 13.1 Å². The Hall–Kier alpha value is -0.840. The van der Waals surface area contributed by atoms with Gasteiger partial charge in [0.1, 0.15) is 18.3 Å². The van der Waals surface area contributed by atoms with Crippen LogP contribution >= 0.6 is 35.0 Å². The highest BCUT2D eigenvalue weighted by atomic mass is 35.5. The van der Waals surface area contributed by atoms with E-state index in [0.29, 0.717) is 27.1 Å². The van der Waals surface area contributed by atoms with E-state index in [4.69, 9.17) is 23.2 Å². The molecule has 0 aliphatic carbocycles. The monoisotopic (exact) mass is 424 g/mol. The van der Waals surface area contributed by atoms with Gasteiger partial charge in [0.15, 0.2) is 0 Å². The maximum atomic E-state index is 11.2. The van der Waals surface area contributed by atoms with E-state index in [1.165, 1.54) is 29.1 Å². The lowest BCUT2D eigenvalue weighted by atomic mass is 9.95. The first-order valence-corrected chi connectivity index (χ1v) is 11.0. The Kier molecular flexibility index (Phi) is 7.12. The SMILES string of the molecule is CS(=O)(=O)NCCSCC(O)(Cn1cncn1)c1ccc(Cl)cc1Cl. The van der Waals surface area contributed by atoms with Gasteiger partial charge in [-0.3, -0.25) is 0 Å². The number of sulfonamides is 1. The fraction of sp³-hybridized carbons (Fsp3) is 0.429. The van der Waals surface area contributed by atoms with Crippen molar-refractivity contribution >= 4 is 45.0 Å². The van der Waals surface area contributed by atoms with Crippen LogP contribution in [-0.2, 0) is 22.2 Å². The molecule has 2 N–H and O–H groups in total. The van der Waals surface area contributed by atoms with Crippen LogP contribution in [0.3, 0.4) is 0 Å². The summed E-state index contributed by atoms with van der Waals surface area (Å²) in [6.45, 7) is 0.429. The molecule has 25 heavy (non-hydrogen) atoms. The number of rotatable bonds is 9. The van der Waals surface area contributed by atoms with Crippen molar-refractivity contribution in [1.82, 2.24) is 19.5 Å². The molecule has 0 aliphatic rings. The van der Waals surface area contributed by atoms with Crippen molar-refractivity contribution in [3.05, 3.63) is 46.5 Å². The van der Waals surface area contributed by atoms with Gasteiger partial charge in [-0.2, -0.15) is 16.9 Å². The second-order valence-electron chi connectivity index (χ2n) is 5.47. The smallest absolute Gasteiger partial charge is 0.208 e. The lowest BCUT2D eigenvalue weighted by Crippen LogP contribution is -2.35. The average Bonchev–Trinajstić information content (AvgIpc) is 2.98. The molecule has 11 heteroatoms. The van der Waals surface area contributed by atoms with Crippen molar-refractivity contribution < 1.29 is 13.5 Å². The molecule has 1 aromatic heterocycles. The van der Waals surface area contributed by atoms with Gasteiger partial charge < -0.3 is 5.11 Å². The predicted molar refractivity (Wildman–Crippen MR) is 101 cm³/mol. The molecule has 1 atom stereocenters. The third-order valence-electron chi connectivity index (χ3n) is 3.27. The first-order chi connectivity index (χ1) is 11.7. The van der Waals surface area contributed by atoms with Crippen molar-refractivity contribution in [3.8, 4) is 0 Å². The molecule has 0 bridgehead atoms. The summed E-state index contributed by atoms with van der Waals surface area (Å²) in [6.07, 6.45) is 3.99. The molecule has 0 amide bonds. The Labute approximate surface area is 160 Å². The summed E-state index contributed by atoms with van der Waals surface area (Å²) in [7, 11) is -3.23. The Morgan fingerprint density at radius 3 is 2.76 bits per heavy atom. The van der Waals surface area contributed by atoms with Crippen LogP contribution in [0.25, 0.3) is 0 Å². The molecule has 1 aromatic carbocycles. The zero-order valence-electron chi connectivity index (χ0n) is 13.4. The predicted octanol–water partition coefficient (Wildman–Crippen LogP) is 1.76. The van der Waals surface area contributed by atoms with E-state index in [9.17, 15) is 13.5 Å². The van der Waals surface area contributed by atoms with E-state index < -0.39 is 15.6 Å². The minimum Gasteiger partial charge on any atom is -0.382 e. The van der Waals surface area contributed by atoms with Gasteiger partial charge >= 0.3 is 0 Å². The van der Waals surface area contributed by atoms with Gasteiger partial charge in [0, 0.05) is 33.7 Å². The van der Waals surface area contributed by atoms with Gasteiger partial charge in [-0.05, 0) is 12.1 Å². The highest BCUT2D eigenvalue weighted by molar-refractivity contribution is 7.99. The lowest BCUT2D eigenvalue weighted by Gasteiger charge is -2.29. The summed E-state index contributed by atoms with van der Waals surface area (Å²) in [6, 6.07) is 4.91. The van der Waals surface area contributed by atoms with Crippen molar-refractivity contribution in [2.24, 2.45) is 0 Å². The Morgan fingerprint density at radius 1 is 1.40 bits per heavy atom. The number of nitrogens with zero attached hydrogens (tertiary/aromatic N) is 3. The quantitative estimate of drug-likeness (QED) is 0.595. The zero-order chi connectivity index (χ0) is 18.5. The van der Waals surface area contributed by atoms with Crippen molar-refractivity contribution in [1.29, 1.82) is 0 Å². The Bertz CT molecular complexity index is 802. The standard InChI is InChI=1S/C14H18Cl2N4O3S2/c1-25(22,23)19-4-5-24-8-14(21,7-20-10-17-9-18-20)12-3-2-11(15)6-13(12)16/h2-3,6,9-10,19,21H,4-5,7-8H2,1H3. The normalized spacial score (nSPS) is 14.4. The van der Waals surface area contributed by atoms with E-state index in [2.05, 4.69) is 14.8 Å². The number of hydrogen-bond donors (Lipinski definition) is 2. The molecule has 1 unspecified atom stereocenters. The van der Waals surface area contributed by atoms with E-state index in [0.717, 1.165) is 6.26 Å². The fourth-order valence-corrected chi connectivity index (χ4v) is 4.36. The number of aliphatic hydroxyl groups is 1. The largest absolute Gasteiger partial charge is 0.382 e. The van der Waals surface area contributed by atoms with Gasteiger partial charge in [0.25, 0.3) is 0 Å². The molecule has 0 fully saturated rings. The molecule has 0 radical (unpaired) electrons. The highest BCUT2D eigenvalue weighted by Crippen LogP contribution is 2.34. The Morgan fingerprint density at radius 2 is 2.16 bits per heavy atom. The molecule has 0 saturated heterocycles. The summed E-state index contributed by atoms with van der Waals surface area (Å²) in [5.74, 6) is 0.789. The van der Waals surface area contributed by atoms with Crippen molar-refractivity contribution in [2.75, 3.05) is 24.3 Å². The maximum absolute atomic E-state index is 11.2. The highest BCUT2D eigenvalue weighted by Gasteiger charge is 2.32. The second kappa shape index (κ2) is 8.70. The summed E-state index contributed by atoms with van der Waals surface area (Å²) in [5, 5.41) is 16.1. The average molecular weight is 425 g/mol. The summed E-state index contributed by atoms with van der Waals surface area (Å²) in [5.41, 5.74) is -0.789. The van der Waals surface area contributed by atoms with Crippen LogP contribution in [0.5, 0.6) is 0 Å². The van der Waals surface area contributed by atoms with Crippen LogP contribution in [-0.4, -0.2) is 52.6 Å². The van der Waals surface area contributed by atoms with E-state index in [1.54, 1.807) is 18.2 Å². The zero-order valence-corrected chi connectivity index (χ0v) is 16.5. The van der Waals surface area contributed by atoms with Crippen LogP contribution in [0, 0.1) is 0 Å². The summed E-state index contributed by atoms with van der Waals surface area (Å²) in [4.78, 5) is 3.88. The number of benzene rings is 1. The van der Waals surface area contributed by atoms with Gasteiger partial charge in [-0.1, -0.05) is 29.3 Å². The molecule has 2 rings (SSSR count).